The molecule has 2 aromatic heterocycles. The minimum atomic E-state index is -3.59. The van der Waals surface area contributed by atoms with Crippen molar-refractivity contribution in [3.8, 4) is 0 Å². The van der Waals surface area contributed by atoms with Gasteiger partial charge in [0.25, 0.3) is 0 Å². The molecule has 1 aliphatic rings. The van der Waals surface area contributed by atoms with Crippen LogP contribution >= 0.6 is 0 Å². The molecular formula is C22H22N4O2S. The van der Waals surface area contributed by atoms with E-state index in [1.807, 2.05) is 43.3 Å². The number of imidazole rings is 1. The molecule has 1 fully saturated rings. The summed E-state index contributed by atoms with van der Waals surface area (Å²) in [5, 5.41) is 0.850. The number of hydrogen-bond donors (Lipinski definition) is 1. The van der Waals surface area contributed by atoms with Crippen molar-refractivity contribution in [3.63, 3.8) is 0 Å². The molecule has 0 bridgehead atoms. The fourth-order valence-corrected chi connectivity index (χ4v) is 5.76. The highest BCUT2D eigenvalue weighted by Gasteiger charge is 2.32. The van der Waals surface area contributed by atoms with E-state index in [4.69, 9.17) is 4.98 Å². The van der Waals surface area contributed by atoms with Crippen molar-refractivity contribution < 1.29 is 8.42 Å². The molecule has 148 valence electrons. The summed E-state index contributed by atoms with van der Waals surface area (Å²) in [7, 11) is -3.59. The molecule has 5 rings (SSSR count). The normalized spacial score (nSPS) is 16.6. The van der Waals surface area contributed by atoms with Gasteiger partial charge in [0.05, 0.1) is 16.6 Å². The Balaban J connectivity index is 1.40. The molecule has 0 unspecified atom stereocenters. The van der Waals surface area contributed by atoms with Gasteiger partial charge in [-0.1, -0.05) is 24.3 Å². The van der Waals surface area contributed by atoms with E-state index in [0.717, 1.165) is 40.6 Å². The molecule has 1 saturated heterocycles. The van der Waals surface area contributed by atoms with Crippen LogP contribution in [0.5, 0.6) is 0 Å². The number of aryl methyl sites for hydroxylation is 1. The van der Waals surface area contributed by atoms with Crippen molar-refractivity contribution in [2.45, 2.75) is 30.6 Å². The number of aromatic nitrogens is 3. The summed E-state index contributed by atoms with van der Waals surface area (Å²) in [4.78, 5) is 12.8. The Morgan fingerprint density at radius 1 is 1.07 bits per heavy atom. The molecule has 2 aromatic carbocycles. The number of aromatic amines is 1. The number of pyridine rings is 1. The monoisotopic (exact) mass is 406 g/mol. The summed E-state index contributed by atoms with van der Waals surface area (Å²) < 4.78 is 28.3. The van der Waals surface area contributed by atoms with Crippen molar-refractivity contribution in [2.24, 2.45) is 0 Å². The van der Waals surface area contributed by atoms with Gasteiger partial charge in [-0.05, 0) is 49.6 Å². The smallest absolute Gasteiger partial charge is 0.245 e. The van der Waals surface area contributed by atoms with Crippen LogP contribution in [0.2, 0.25) is 0 Å². The number of para-hydroxylation sites is 3. The van der Waals surface area contributed by atoms with Gasteiger partial charge >= 0.3 is 0 Å². The van der Waals surface area contributed by atoms with Crippen molar-refractivity contribution >= 4 is 32.0 Å². The van der Waals surface area contributed by atoms with E-state index in [1.165, 1.54) is 0 Å². The van der Waals surface area contributed by atoms with Gasteiger partial charge in [0.2, 0.25) is 10.0 Å². The highest BCUT2D eigenvalue weighted by Crippen LogP contribution is 2.32. The zero-order valence-electron chi connectivity index (χ0n) is 16.2. The van der Waals surface area contributed by atoms with Crippen LogP contribution in [0.3, 0.4) is 0 Å². The molecule has 1 aliphatic heterocycles. The predicted octanol–water partition coefficient (Wildman–Crippen LogP) is 3.99. The summed E-state index contributed by atoms with van der Waals surface area (Å²) in [6.07, 6.45) is 3.21. The quantitative estimate of drug-likeness (QED) is 0.558. The number of fused-ring (bicyclic) bond motifs is 2. The van der Waals surface area contributed by atoms with Crippen LogP contribution in [0.1, 0.15) is 30.1 Å². The maximum Gasteiger partial charge on any atom is 0.245 e. The minimum Gasteiger partial charge on any atom is -0.342 e. The van der Waals surface area contributed by atoms with Gasteiger partial charge in [0, 0.05) is 30.6 Å². The second-order valence-electron chi connectivity index (χ2n) is 7.66. The number of hydrogen-bond acceptors (Lipinski definition) is 4. The van der Waals surface area contributed by atoms with Crippen LogP contribution in [-0.2, 0) is 10.0 Å². The Morgan fingerprint density at radius 2 is 1.86 bits per heavy atom. The van der Waals surface area contributed by atoms with Gasteiger partial charge in [0.1, 0.15) is 10.7 Å². The van der Waals surface area contributed by atoms with Crippen molar-refractivity contribution in [3.05, 3.63) is 66.1 Å². The molecule has 0 atom stereocenters. The SMILES string of the molecule is Cc1cnc2c(S(=O)(=O)N3CCC(c4nc5ccccc5[nH]4)CC3)cccc2c1. The molecule has 0 aliphatic carbocycles. The van der Waals surface area contributed by atoms with Gasteiger partial charge in [-0.15, -0.1) is 0 Å². The molecular weight excluding hydrogens is 384 g/mol. The summed E-state index contributed by atoms with van der Waals surface area (Å²) in [5.41, 5.74) is 3.53. The van der Waals surface area contributed by atoms with E-state index < -0.39 is 10.0 Å². The lowest BCUT2D eigenvalue weighted by atomic mass is 9.97. The first-order valence-corrected chi connectivity index (χ1v) is 11.3. The second kappa shape index (κ2) is 6.93. The average Bonchev–Trinajstić information content (AvgIpc) is 3.17. The lowest BCUT2D eigenvalue weighted by molar-refractivity contribution is 0.314. The van der Waals surface area contributed by atoms with Gasteiger partial charge < -0.3 is 4.98 Å². The fourth-order valence-electron chi connectivity index (χ4n) is 4.13. The van der Waals surface area contributed by atoms with Crippen LogP contribution in [0.15, 0.2) is 59.6 Å². The van der Waals surface area contributed by atoms with Crippen LogP contribution in [0, 0.1) is 6.92 Å². The zero-order chi connectivity index (χ0) is 20.0. The first-order chi connectivity index (χ1) is 14.0. The molecule has 7 heteroatoms. The number of benzene rings is 2. The molecule has 1 N–H and O–H groups in total. The summed E-state index contributed by atoms with van der Waals surface area (Å²) in [5.74, 6) is 1.19. The van der Waals surface area contributed by atoms with Crippen molar-refractivity contribution in [1.82, 2.24) is 19.3 Å². The molecule has 4 aromatic rings. The zero-order valence-corrected chi connectivity index (χ0v) is 17.0. The predicted molar refractivity (Wildman–Crippen MR) is 113 cm³/mol. The standard InChI is InChI=1S/C22H22N4O2S/c1-15-13-17-5-4-8-20(21(17)23-14-15)29(27,28)26-11-9-16(10-12-26)22-24-18-6-2-3-7-19(18)25-22/h2-8,13-14,16H,9-12H2,1H3,(H,24,25). The third-order valence-electron chi connectivity index (χ3n) is 5.68. The average molecular weight is 407 g/mol. The van der Waals surface area contributed by atoms with E-state index in [0.29, 0.717) is 18.6 Å². The molecule has 0 radical (unpaired) electrons. The van der Waals surface area contributed by atoms with E-state index in [1.54, 1.807) is 22.6 Å². The Bertz CT molecular complexity index is 1270. The molecule has 0 spiro atoms. The largest absolute Gasteiger partial charge is 0.342 e. The molecule has 6 nitrogen and oxygen atoms in total. The Labute approximate surface area is 169 Å². The number of nitrogens with zero attached hydrogens (tertiary/aromatic N) is 3. The topological polar surface area (TPSA) is 79.0 Å². The fraction of sp³-hybridized carbons (Fsp3) is 0.273. The minimum absolute atomic E-state index is 0.238. The molecule has 29 heavy (non-hydrogen) atoms. The van der Waals surface area contributed by atoms with Gasteiger partial charge in [-0.3, -0.25) is 4.98 Å². The molecule has 3 heterocycles. The number of H-pyrrole nitrogens is 1. The Morgan fingerprint density at radius 3 is 2.66 bits per heavy atom. The first kappa shape index (κ1) is 18.3. The third-order valence-corrected chi connectivity index (χ3v) is 7.61. The Kier molecular flexibility index (Phi) is 4.37. The second-order valence-corrected chi connectivity index (χ2v) is 9.56. The summed E-state index contributed by atoms with van der Waals surface area (Å²) >= 11 is 0. The van der Waals surface area contributed by atoms with Crippen LogP contribution in [-0.4, -0.2) is 40.8 Å². The Hall–Kier alpha value is -2.77. The van der Waals surface area contributed by atoms with Gasteiger partial charge in [0.15, 0.2) is 0 Å². The number of nitrogens with one attached hydrogen (secondary N) is 1. The first-order valence-electron chi connectivity index (χ1n) is 9.82. The lowest BCUT2D eigenvalue weighted by Crippen LogP contribution is -2.38. The maximum absolute atomic E-state index is 13.3. The third kappa shape index (κ3) is 3.20. The summed E-state index contributed by atoms with van der Waals surface area (Å²) in [6, 6.07) is 15.3. The van der Waals surface area contributed by atoms with E-state index in [2.05, 4.69) is 9.97 Å². The van der Waals surface area contributed by atoms with Crippen molar-refractivity contribution in [2.75, 3.05) is 13.1 Å². The van der Waals surface area contributed by atoms with Gasteiger partial charge in [-0.25, -0.2) is 13.4 Å². The highest BCUT2D eigenvalue weighted by atomic mass is 32.2. The molecule has 0 saturated carbocycles. The highest BCUT2D eigenvalue weighted by molar-refractivity contribution is 7.89. The number of sulfonamides is 1. The van der Waals surface area contributed by atoms with Crippen molar-refractivity contribution in [1.29, 1.82) is 0 Å². The molecule has 0 amide bonds. The van der Waals surface area contributed by atoms with E-state index >= 15 is 0 Å². The van der Waals surface area contributed by atoms with Crippen LogP contribution in [0.4, 0.5) is 0 Å². The lowest BCUT2D eigenvalue weighted by Gasteiger charge is -2.30. The van der Waals surface area contributed by atoms with E-state index in [-0.39, 0.29) is 10.8 Å². The number of rotatable bonds is 3. The number of piperidine rings is 1. The van der Waals surface area contributed by atoms with Crippen LogP contribution < -0.4 is 0 Å². The van der Waals surface area contributed by atoms with E-state index in [9.17, 15) is 8.42 Å². The maximum atomic E-state index is 13.3. The van der Waals surface area contributed by atoms with Crippen LogP contribution in [0.25, 0.3) is 21.9 Å². The summed E-state index contributed by atoms with van der Waals surface area (Å²) in [6.45, 7) is 2.91. The van der Waals surface area contributed by atoms with Gasteiger partial charge in [-0.2, -0.15) is 4.31 Å².